The van der Waals surface area contributed by atoms with Crippen LogP contribution in [-0.2, 0) is 5.41 Å². The smallest absolute Gasteiger partial charge is 0.266 e. The quantitative estimate of drug-likeness (QED) is 0.198. The predicted molar refractivity (Wildman–Crippen MR) is 171 cm³/mol. The molecule has 0 unspecified atom stereocenters. The lowest BCUT2D eigenvalue weighted by Gasteiger charge is -2.32. The van der Waals surface area contributed by atoms with Crippen LogP contribution < -0.4 is 14.4 Å². The maximum absolute atomic E-state index is 13.4. The lowest BCUT2D eigenvalue weighted by molar-refractivity contribution is 0.0474. The second kappa shape index (κ2) is 10.7. The van der Waals surface area contributed by atoms with Gasteiger partial charge in [0.1, 0.15) is 23.0 Å². The van der Waals surface area contributed by atoms with Gasteiger partial charge in [-0.3, -0.25) is 24.1 Å². The molecule has 0 N–H and O–H groups in total. The van der Waals surface area contributed by atoms with Crippen molar-refractivity contribution in [2.45, 2.75) is 58.9 Å². The van der Waals surface area contributed by atoms with Crippen LogP contribution in [-0.4, -0.2) is 34.1 Å². The van der Waals surface area contributed by atoms with Crippen molar-refractivity contribution in [2.75, 3.05) is 4.90 Å². The van der Waals surface area contributed by atoms with E-state index in [4.69, 9.17) is 9.47 Å². The van der Waals surface area contributed by atoms with E-state index in [9.17, 15) is 19.2 Å². The van der Waals surface area contributed by atoms with Gasteiger partial charge in [0.2, 0.25) is 0 Å². The molecule has 0 radical (unpaired) electrons. The molecule has 0 fully saturated rings. The number of carbonyl (C=O) groups is 4. The highest BCUT2D eigenvalue weighted by atomic mass is 16.5. The Labute approximate surface area is 262 Å². The zero-order valence-electron chi connectivity index (χ0n) is 26.1. The Balaban J connectivity index is 1.19. The molecule has 4 aromatic rings. The van der Waals surface area contributed by atoms with Gasteiger partial charge in [-0.25, -0.2) is 4.90 Å². The lowest BCUT2D eigenvalue weighted by Crippen LogP contribution is -2.47. The van der Waals surface area contributed by atoms with Crippen molar-refractivity contribution in [3.63, 3.8) is 0 Å². The fourth-order valence-electron chi connectivity index (χ4n) is 5.47. The number of carbonyl (C=O) groups excluding carboxylic acids is 4. The van der Waals surface area contributed by atoms with E-state index in [-0.39, 0.29) is 33.9 Å². The van der Waals surface area contributed by atoms with E-state index < -0.39 is 17.4 Å². The van der Waals surface area contributed by atoms with Crippen molar-refractivity contribution in [1.29, 1.82) is 0 Å². The van der Waals surface area contributed by atoms with E-state index in [0.29, 0.717) is 40.7 Å². The van der Waals surface area contributed by atoms with Crippen LogP contribution >= 0.6 is 0 Å². The number of hydrogen-bond donors (Lipinski definition) is 0. The summed E-state index contributed by atoms with van der Waals surface area (Å²) in [6.07, 6.45) is 0.616. The van der Waals surface area contributed by atoms with Crippen molar-refractivity contribution in [2.24, 2.45) is 0 Å². The van der Waals surface area contributed by atoms with Gasteiger partial charge >= 0.3 is 0 Å². The summed E-state index contributed by atoms with van der Waals surface area (Å²) in [6, 6.07) is 24.1. The van der Waals surface area contributed by atoms with E-state index in [2.05, 4.69) is 26.8 Å². The first-order valence-corrected chi connectivity index (χ1v) is 14.9. The van der Waals surface area contributed by atoms with Crippen LogP contribution in [0.2, 0.25) is 0 Å². The molecule has 8 nitrogen and oxygen atoms in total. The van der Waals surface area contributed by atoms with Crippen LogP contribution in [0, 0.1) is 0 Å². The second-order valence-electron chi connectivity index (χ2n) is 12.9. The molecule has 2 aliphatic heterocycles. The number of amides is 4. The molecule has 0 bridgehead atoms. The molecule has 6 rings (SSSR count). The van der Waals surface area contributed by atoms with Crippen molar-refractivity contribution in [3.8, 4) is 23.0 Å². The summed E-state index contributed by atoms with van der Waals surface area (Å²) in [5.41, 5.74) is 1.99. The summed E-state index contributed by atoms with van der Waals surface area (Å²) in [7, 11) is 0. The second-order valence-corrected chi connectivity index (χ2v) is 12.9. The van der Waals surface area contributed by atoms with Crippen molar-refractivity contribution in [3.05, 3.63) is 113 Å². The topological polar surface area (TPSA) is 93.2 Å². The van der Waals surface area contributed by atoms with Gasteiger partial charge in [-0.05, 0) is 104 Å². The van der Waals surface area contributed by atoms with Crippen LogP contribution in [0.25, 0.3) is 0 Å². The monoisotopic (exact) mass is 602 g/mol. The normalized spacial score (nSPS) is 14.6. The number of hydrogen-bond acceptors (Lipinski definition) is 6. The molecule has 4 aromatic carbocycles. The third-order valence-electron chi connectivity index (χ3n) is 8.45. The highest BCUT2D eigenvalue weighted by Gasteiger charge is 2.43. The number of fused-ring (bicyclic) bond motifs is 2. The average molecular weight is 603 g/mol. The van der Waals surface area contributed by atoms with Gasteiger partial charge in [-0.1, -0.05) is 39.8 Å². The summed E-state index contributed by atoms with van der Waals surface area (Å²) in [5.74, 6) is 0.325. The van der Waals surface area contributed by atoms with E-state index >= 15 is 0 Å². The molecule has 0 saturated carbocycles. The minimum atomic E-state index is -0.627. The van der Waals surface area contributed by atoms with Gasteiger partial charge in [-0.15, -0.1) is 0 Å². The first-order chi connectivity index (χ1) is 21.3. The van der Waals surface area contributed by atoms with Crippen LogP contribution in [0.4, 0.5) is 5.69 Å². The first kappa shape index (κ1) is 29.8. The van der Waals surface area contributed by atoms with Gasteiger partial charge in [0.25, 0.3) is 23.6 Å². The third kappa shape index (κ3) is 5.26. The molecule has 0 atom stereocenters. The first-order valence-electron chi connectivity index (χ1n) is 14.9. The Bertz CT molecular complexity index is 1880. The molecule has 0 aromatic heterocycles. The van der Waals surface area contributed by atoms with Crippen molar-refractivity contribution >= 4 is 29.3 Å². The van der Waals surface area contributed by atoms with Gasteiger partial charge in [0.15, 0.2) is 0 Å². The molecular weight excluding hydrogens is 568 g/mol. The number of ether oxygens (including phenoxy) is 2. The van der Waals surface area contributed by atoms with E-state index in [1.165, 1.54) is 17.0 Å². The van der Waals surface area contributed by atoms with E-state index in [1.54, 1.807) is 48.5 Å². The Morgan fingerprint density at radius 3 is 1.64 bits per heavy atom. The van der Waals surface area contributed by atoms with Crippen LogP contribution in [0.3, 0.4) is 0 Å². The van der Waals surface area contributed by atoms with Crippen LogP contribution in [0.1, 0.15) is 95.0 Å². The Morgan fingerprint density at radius 1 is 0.556 bits per heavy atom. The molecule has 2 heterocycles. The molecule has 0 aliphatic carbocycles. The Morgan fingerprint density at radius 2 is 1.04 bits per heavy atom. The van der Waals surface area contributed by atoms with Crippen LogP contribution in [0.15, 0.2) is 84.9 Å². The van der Waals surface area contributed by atoms with Crippen LogP contribution in [0.5, 0.6) is 23.0 Å². The summed E-state index contributed by atoms with van der Waals surface area (Å²) >= 11 is 0. The largest absolute Gasteiger partial charge is 0.457 e. The van der Waals surface area contributed by atoms with Gasteiger partial charge in [-0.2, -0.15) is 0 Å². The maximum atomic E-state index is 13.4. The maximum Gasteiger partial charge on any atom is 0.266 e. The van der Waals surface area contributed by atoms with Crippen molar-refractivity contribution < 1.29 is 28.7 Å². The zero-order chi connectivity index (χ0) is 32.3. The average Bonchev–Trinajstić information content (AvgIpc) is 3.41. The summed E-state index contributed by atoms with van der Waals surface area (Å²) < 4.78 is 12.0. The van der Waals surface area contributed by atoms with Crippen molar-refractivity contribution in [1.82, 2.24) is 4.90 Å². The van der Waals surface area contributed by atoms with E-state index in [0.717, 1.165) is 10.5 Å². The number of anilines is 1. The minimum absolute atomic E-state index is 0.0200. The van der Waals surface area contributed by atoms with Gasteiger partial charge in [0.05, 0.1) is 27.9 Å². The molecular formula is C37H34N2O6. The Kier molecular flexibility index (Phi) is 7.11. The summed E-state index contributed by atoms with van der Waals surface area (Å²) in [6.45, 7) is 12.0. The zero-order valence-corrected chi connectivity index (χ0v) is 26.1. The molecule has 4 amide bonds. The highest BCUT2D eigenvalue weighted by molar-refractivity contribution is 6.34. The third-order valence-corrected chi connectivity index (χ3v) is 8.45. The SMILES string of the molecule is CCC(C)(C)N1C(=O)c2ccc(Oc3ccc4c(c3)C(=O)N(c3ccc(Oc5cccc(C(C)(C)C)c5)cc3)C4=O)cc2C1=O. The molecule has 45 heavy (non-hydrogen) atoms. The number of rotatable bonds is 7. The fourth-order valence-corrected chi connectivity index (χ4v) is 5.47. The highest BCUT2D eigenvalue weighted by Crippen LogP contribution is 2.37. The molecule has 8 heteroatoms. The molecule has 228 valence electrons. The molecule has 0 saturated heterocycles. The molecule has 2 aliphatic rings. The number of benzene rings is 4. The number of imide groups is 2. The van der Waals surface area contributed by atoms with Gasteiger partial charge < -0.3 is 9.47 Å². The fraction of sp³-hybridized carbons (Fsp3) is 0.243. The lowest BCUT2D eigenvalue weighted by atomic mass is 9.87. The minimum Gasteiger partial charge on any atom is -0.457 e. The molecule has 0 spiro atoms. The van der Waals surface area contributed by atoms with Gasteiger partial charge in [0, 0.05) is 5.54 Å². The standard InChI is InChI=1S/C37H34N2O6/c1-7-37(5,6)39-34(42)29-18-16-27(21-31(29)35(39)43)45-26-15-17-28-30(20-26)33(41)38(32(28)40)23-11-13-24(14-12-23)44-25-10-8-9-22(19-25)36(2,3)4/h8-21H,7H2,1-6H3. The van der Waals surface area contributed by atoms with E-state index in [1.807, 2.05) is 39.0 Å². The predicted octanol–water partition coefficient (Wildman–Crippen LogP) is 8.15. The number of nitrogens with zero attached hydrogens (tertiary/aromatic N) is 2. The Hall–Kier alpha value is -5.24. The summed E-state index contributed by atoms with van der Waals surface area (Å²) in [5, 5.41) is 0. The summed E-state index contributed by atoms with van der Waals surface area (Å²) in [4.78, 5) is 55.2.